The van der Waals surface area contributed by atoms with Crippen LogP contribution in [0.4, 0.5) is 0 Å². The predicted octanol–water partition coefficient (Wildman–Crippen LogP) is 6.05. The van der Waals surface area contributed by atoms with Gasteiger partial charge in [-0.1, -0.05) is 41.0 Å². The van der Waals surface area contributed by atoms with Crippen LogP contribution in [0, 0.1) is 13.8 Å². The molecule has 152 valence electrons. The number of carbonyl (C=O) groups excluding carboxylic acids is 1. The summed E-state index contributed by atoms with van der Waals surface area (Å²) in [6.45, 7) is 4.68. The molecule has 0 N–H and O–H groups in total. The maximum absolute atomic E-state index is 13.2. The molecular weight excluding hydrogens is 400 g/mol. The van der Waals surface area contributed by atoms with Gasteiger partial charge >= 0.3 is 0 Å². The Kier molecular flexibility index (Phi) is 5.72. The highest BCUT2D eigenvalue weighted by Crippen LogP contribution is 2.25. The van der Waals surface area contributed by atoms with Gasteiger partial charge in [0.05, 0.1) is 29.9 Å². The number of hydrogen-bond donors (Lipinski definition) is 0. The minimum Gasteiger partial charge on any atom is -0.467 e. The molecule has 4 aromatic rings. The van der Waals surface area contributed by atoms with Crippen LogP contribution in [-0.4, -0.2) is 16.0 Å². The smallest absolute Gasteiger partial charge is 0.256 e. The molecule has 0 fully saturated rings. The third-order valence-corrected chi connectivity index (χ3v) is 5.35. The van der Waals surface area contributed by atoms with E-state index in [4.69, 9.17) is 20.5 Å². The van der Waals surface area contributed by atoms with E-state index in [1.807, 2.05) is 18.2 Å². The molecule has 0 atom stereocenters. The van der Waals surface area contributed by atoms with Crippen molar-refractivity contribution in [2.24, 2.45) is 0 Å². The zero-order chi connectivity index (χ0) is 21.1. The first-order valence-corrected chi connectivity index (χ1v) is 9.98. The quantitative estimate of drug-likeness (QED) is 0.381. The third-order valence-electron chi connectivity index (χ3n) is 5.02. The monoisotopic (exact) mass is 420 g/mol. The molecule has 2 aromatic carbocycles. The molecule has 0 unspecified atom stereocenters. The molecule has 0 aliphatic rings. The van der Waals surface area contributed by atoms with Gasteiger partial charge in [0.2, 0.25) is 0 Å². The Morgan fingerprint density at radius 2 is 1.83 bits per heavy atom. The van der Waals surface area contributed by atoms with E-state index < -0.39 is 0 Å². The highest BCUT2D eigenvalue weighted by atomic mass is 35.5. The van der Waals surface area contributed by atoms with Gasteiger partial charge < -0.3 is 13.8 Å². The van der Waals surface area contributed by atoms with Crippen molar-refractivity contribution >= 4 is 17.5 Å². The van der Waals surface area contributed by atoms with Crippen molar-refractivity contribution in [3.63, 3.8) is 0 Å². The molecule has 0 radical (unpaired) electrons. The van der Waals surface area contributed by atoms with E-state index in [1.165, 1.54) is 11.1 Å². The molecule has 0 bridgehead atoms. The van der Waals surface area contributed by atoms with Crippen molar-refractivity contribution in [2.45, 2.75) is 26.9 Å². The van der Waals surface area contributed by atoms with Crippen LogP contribution < -0.4 is 0 Å². The Balaban J connectivity index is 1.60. The van der Waals surface area contributed by atoms with Crippen LogP contribution in [0.1, 0.15) is 32.9 Å². The van der Waals surface area contributed by atoms with Crippen molar-refractivity contribution in [3.05, 3.63) is 100 Å². The minimum absolute atomic E-state index is 0.201. The fourth-order valence-corrected chi connectivity index (χ4v) is 3.42. The number of halogens is 1. The Bertz CT molecular complexity index is 1160. The summed E-state index contributed by atoms with van der Waals surface area (Å²) in [6, 6.07) is 18.6. The number of furan rings is 1. The normalized spacial score (nSPS) is 10.9. The summed E-state index contributed by atoms with van der Waals surface area (Å²) in [6.07, 6.45) is 1.58. The number of rotatable bonds is 6. The molecule has 2 heterocycles. The number of hydrogen-bond acceptors (Lipinski definition) is 4. The maximum atomic E-state index is 13.2. The van der Waals surface area contributed by atoms with Crippen molar-refractivity contribution in [2.75, 3.05) is 0 Å². The zero-order valence-electron chi connectivity index (χ0n) is 16.8. The van der Waals surface area contributed by atoms with E-state index in [-0.39, 0.29) is 12.5 Å². The Hall–Kier alpha value is -3.31. The molecule has 0 spiro atoms. The fourth-order valence-electron chi connectivity index (χ4n) is 3.21. The van der Waals surface area contributed by atoms with Gasteiger partial charge in [-0.3, -0.25) is 4.79 Å². The lowest BCUT2D eigenvalue weighted by atomic mass is 10.0. The lowest BCUT2D eigenvalue weighted by Crippen LogP contribution is -2.30. The van der Waals surface area contributed by atoms with E-state index in [0.29, 0.717) is 34.3 Å². The van der Waals surface area contributed by atoms with Gasteiger partial charge in [-0.15, -0.1) is 0 Å². The van der Waals surface area contributed by atoms with E-state index in [9.17, 15) is 4.79 Å². The van der Waals surface area contributed by atoms with Crippen molar-refractivity contribution in [1.29, 1.82) is 0 Å². The number of aromatic nitrogens is 1. The fraction of sp³-hybridized carbons (Fsp3) is 0.167. The first kappa shape index (κ1) is 20.0. The maximum Gasteiger partial charge on any atom is 0.256 e. The zero-order valence-corrected chi connectivity index (χ0v) is 17.5. The highest BCUT2D eigenvalue weighted by molar-refractivity contribution is 6.33. The second-order valence-corrected chi connectivity index (χ2v) is 7.61. The van der Waals surface area contributed by atoms with E-state index >= 15 is 0 Å². The molecule has 0 saturated heterocycles. The second kappa shape index (κ2) is 8.59. The number of aryl methyl sites for hydroxylation is 2. The molecule has 0 aliphatic carbocycles. The number of nitrogens with zero attached hydrogens (tertiary/aromatic N) is 2. The standard InChI is InChI=1S/C24H21ClN2O3/c1-16-9-10-18(12-17(16)2)23-13-19(26-30-23)14-27(15-20-6-5-11-29-20)24(28)21-7-3-4-8-22(21)25/h3-13H,14-15H2,1-2H3. The Morgan fingerprint density at radius 3 is 2.57 bits per heavy atom. The summed E-state index contributed by atoms with van der Waals surface area (Å²) in [5, 5.41) is 4.59. The van der Waals surface area contributed by atoms with Crippen LogP contribution in [-0.2, 0) is 13.1 Å². The molecular formula is C24H21ClN2O3. The second-order valence-electron chi connectivity index (χ2n) is 7.20. The van der Waals surface area contributed by atoms with Crippen LogP contribution in [0.25, 0.3) is 11.3 Å². The topological polar surface area (TPSA) is 59.5 Å². The van der Waals surface area contributed by atoms with Gasteiger partial charge in [-0.05, 0) is 55.3 Å². The summed E-state index contributed by atoms with van der Waals surface area (Å²) in [5.74, 6) is 1.14. The molecule has 30 heavy (non-hydrogen) atoms. The molecule has 4 rings (SSSR count). The summed E-state index contributed by atoms with van der Waals surface area (Å²) in [7, 11) is 0. The Labute approximate surface area is 179 Å². The summed E-state index contributed by atoms with van der Waals surface area (Å²) in [4.78, 5) is 14.8. The van der Waals surface area contributed by atoms with Crippen molar-refractivity contribution in [3.8, 4) is 11.3 Å². The predicted molar refractivity (Wildman–Crippen MR) is 115 cm³/mol. The van der Waals surface area contributed by atoms with Gasteiger partial charge in [0.15, 0.2) is 5.76 Å². The molecule has 2 aromatic heterocycles. The highest BCUT2D eigenvalue weighted by Gasteiger charge is 2.21. The molecule has 6 heteroatoms. The summed E-state index contributed by atoms with van der Waals surface area (Å²) >= 11 is 6.25. The average Bonchev–Trinajstić information content (AvgIpc) is 3.42. The van der Waals surface area contributed by atoms with E-state index in [2.05, 4.69) is 31.1 Å². The summed E-state index contributed by atoms with van der Waals surface area (Å²) < 4.78 is 11.0. The minimum atomic E-state index is -0.201. The van der Waals surface area contributed by atoms with Gasteiger partial charge in [0, 0.05) is 11.6 Å². The molecule has 0 saturated carbocycles. The Morgan fingerprint density at radius 1 is 1.00 bits per heavy atom. The molecule has 1 amide bonds. The number of amides is 1. The van der Waals surface area contributed by atoms with E-state index in [1.54, 1.807) is 41.5 Å². The largest absolute Gasteiger partial charge is 0.467 e. The van der Waals surface area contributed by atoms with Gasteiger partial charge in [0.1, 0.15) is 11.5 Å². The van der Waals surface area contributed by atoms with E-state index in [0.717, 1.165) is 5.56 Å². The number of benzene rings is 2. The van der Waals surface area contributed by atoms with Crippen LogP contribution in [0.5, 0.6) is 0 Å². The third kappa shape index (κ3) is 4.31. The van der Waals surface area contributed by atoms with Crippen molar-refractivity contribution < 1.29 is 13.7 Å². The first-order chi connectivity index (χ1) is 14.5. The summed E-state index contributed by atoms with van der Waals surface area (Å²) in [5.41, 5.74) is 4.43. The first-order valence-electron chi connectivity index (χ1n) is 9.60. The van der Waals surface area contributed by atoms with Crippen LogP contribution in [0.15, 0.2) is 75.9 Å². The van der Waals surface area contributed by atoms with Crippen LogP contribution >= 0.6 is 11.6 Å². The average molecular weight is 421 g/mol. The van der Waals surface area contributed by atoms with Gasteiger partial charge in [-0.2, -0.15) is 0 Å². The lowest BCUT2D eigenvalue weighted by Gasteiger charge is -2.21. The molecule has 0 aliphatic heterocycles. The van der Waals surface area contributed by atoms with Crippen LogP contribution in [0.2, 0.25) is 5.02 Å². The lowest BCUT2D eigenvalue weighted by molar-refractivity contribution is 0.0714. The van der Waals surface area contributed by atoms with Gasteiger partial charge in [-0.25, -0.2) is 0 Å². The SMILES string of the molecule is Cc1ccc(-c2cc(CN(Cc3ccco3)C(=O)c3ccccc3Cl)no2)cc1C. The van der Waals surface area contributed by atoms with Gasteiger partial charge in [0.25, 0.3) is 5.91 Å². The number of carbonyl (C=O) groups is 1. The van der Waals surface area contributed by atoms with Crippen LogP contribution in [0.3, 0.4) is 0 Å². The van der Waals surface area contributed by atoms with Crippen molar-refractivity contribution in [1.82, 2.24) is 10.1 Å². The molecule has 5 nitrogen and oxygen atoms in total.